The molecule has 5 heteroatoms. The first kappa shape index (κ1) is 15.3. The van der Waals surface area contributed by atoms with Crippen LogP contribution in [0.4, 0.5) is 0 Å². The molecule has 0 aromatic carbocycles. The van der Waals surface area contributed by atoms with E-state index in [1.165, 1.54) is 25.7 Å². The Morgan fingerprint density at radius 1 is 1.21 bits per heavy atom. The van der Waals surface area contributed by atoms with E-state index in [0.717, 1.165) is 13.1 Å². The number of hydrogen-bond donors (Lipinski definition) is 1. The summed E-state index contributed by atoms with van der Waals surface area (Å²) in [6.45, 7) is 8.80. The summed E-state index contributed by atoms with van der Waals surface area (Å²) in [5.74, 6) is 0.566. The van der Waals surface area contributed by atoms with Crippen LogP contribution < -0.4 is 5.32 Å². The summed E-state index contributed by atoms with van der Waals surface area (Å²) in [6, 6.07) is 0. The number of rotatable bonds is 4. The normalized spacial score (nSPS) is 26.9. The topological polar surface area (TPSA) is 49.4 Å². The Morgan fingerprint density at radius 2 is 1.84 bits per heavy atom. The van der Waals surface area contributed by atoms with Gasteiger partial charge in [-0.3, -0.25) is 4.90 Å². The van der Waals surface area contributed by atoms with Crippen molar-refractivity contribution >= 4 is 9.84 Å². The molecule has 0 aromatic heterocycles. The van der Waals surface area contributed by atoms with E-state index < -0.39 is 9.84 Å². The van der Waals surface area contributed by atoms with Gasteiger partial charge < -0.3 is 5.32 Å². The van der Waals surface area contributed by atoms with Gasteiger partial charge in [-0.25, -0.2) is 8.42 Å². The monoisotopic (exact) mass is 288 g/mol. The lowest BCUT2D eigenvalue weighted by atomic mass is 9.87. The third-order valence-corrected chi connectivity index (χ3v) is 6.48. The minimum absolute atomic E-state index is 0.0871. The van der Waals surface area contributed by atoms with E-state index in [1.54, 1.807) is 6.92 Å². The molecule has 2 rings (SSSR count). The lowest BCUT2D eigenvalue weighted by molar-refractivity contribution is 0.0242. The second-order valence-corrected chi connectivity index (χ2v) is 9.30. The first-order valence-electron chi connectivity index (χ1n) is 7.49. The van der Waals surface area contributed by atoms with Crippen LogP contribution in [0, 0.1) is 0 Å². The maximum atomic E-state index is 11.8. The predicted octanol–water partition coefficient (Wildman–Crippen LogP) is 1.42. The third kappa shape index (κ3) is 3.50. The molecule has 1 saturated heterocycles. The molecule has 1 aliphatic heterocycles. The smallest absolute Gasteiger partial charge is 0.151 e. The van der Waals surface area contributed by atoms with E-state index in [4.69, 9.17) is 0 Å². The van der Waals surface area contributed by atoms with E-state index in [1.807, 2.05) is 0 Å². The van der Waals surface area contributed by atoms with Crippen LogP contribution in [0.5, 0.6) is 0 Å². The molecule has 0 aromatic rings. The van der Waals surface area contributed by atoms with E-state index >= 15 is 0 Å². The Labute approximate surface area is 117 Å². The summed E-state index contributed by atoms with van der Waals surface area (Å²) >= 11 is 0. The zero-order valence-electron chi connectivity index (χ0n) is 12.5. The molecule has 0 bridgehead atoms. The number of hydrogen-bond acceptors (Lipinski definition) is 4. The van der Waals surface area contributed by atoms with Gasteiger partial charge in [0.2, 0.25) is 0 Å². The van der Waals surface area contributed by atoms with Crippen molar-refractivity contribution in [3.63, 3.8) is 0 Å². The van der Waals surface area contributed by atoms with Gasteiger partial charge in [-0.2, -0.15) is 0 Å². The number of sulfone groups is 1. The zero-order valence-corrected chi connectivity index (χ0v) is 13.4. The molecule has 2 fully saturated rings. The van der Waals surface area contributed by atoms with E-state index in [9.17, 15) is 8.42 Å². The lowest BCUT2D eigenvalue weighted by Gasteiger charge is -2.51. The van der Waals surface area contributed by atoms with Gasteiger partial charge in [-0.1, -0.05) is 19.8 Å². The molecule has 1 spiro atoms. The van der Waals surface area contributed by atoms with Gasteiger partial charge >= 0.3 is 0 Å². The third-order valence-electron chi connectivity index (χ3n) is 4.80. The first-order valence-corrected chi connectivity index (χ1v) is 9.31. The van der Waals surface area contributed by atoms with Crippen molar-refractivity contribution < 1.29 is 8.42 Å². The molecule has 19 heavy (non-hydrogen) atoms. The molecule has 1 saturated carbocycles. The summed E-state index contributed by atoms with van der Waals surface area (Å²) in [5, 5.41) is 3.64. The molecule has 1 aliphatic carbocycles. The van der Waals surface area contributed by atoms with Crippen molar-refractivity contribution in [3.8, 4) is 0 Å². The van der Waals surface area contributed by atoms with Crippen molar-refractivity contribution in [2.24, 2.45) is 0 Å². The summed E-state index contributed by atoms with van der Waals surface area (Å²) in [5.41, 5.74) is 0.308. The standard InChI is InChI=1S/C14H28N2O2S/c1-4-19(17,18)10-9-16-12-13(2,3)15-11-14(16)7-5-6-8-14/h15H,4-12H2,1-3H3. The fourth-order valence-corrected chi connectivity index (χ4v) is 4.24. The molecular formula is C14H28N2O2S. The van der Waals surface area contributed by atoms with Crippen LogP contribution >= 0.6 is 0 Å². The van der Waals surface area contributed by atoms with Gasteiger partial charge in [0.1, 0.15) is 0 Å². The van der Waals surface area contributed by atoms with Gasteiger partial charge in [0.25, 0.3) is 0 Å². The second kappa shape index (κ2) is 5.34. The number of piperazine rings is 1. The van der Waals surface area contributed by atoms with Crippen LogP contribution in [-0.4, -0.2) is 55.5 Å². The van der Waals surface area contributed by atoms with Crippen molar-refractivity contribution in [2.75, 3.05) is 31.1 Å². The van der Waals surface area contributed by atoms with Crippen molar-refractivity contribution in [1.82, 2.24) is 10.2 Å². The van der Waals surface area contributed by atoms with Crippen LogP contribution in [0.3, 0.4) is 0 Å². The largest absolute Gasteiger partial charge is 0.309 e. The summed E-state index contributed by atoms with van der Waals surface area (Å²) in [6.07, 6.45) is 4.97. The molecule has 1 N–H and O–H groups in total. The molecule has 112 valence electrons. The minimum atomic E-state index is -2.86. The van der Waals surface area contributed by atoms with Gasteiger partial charge in [0, 0.05) is 36.5 Å². The Balaban J connectivity index is 2.08. The second-order valence-electron chi connectivity index (χ2n) is 6.83. The maximum absolute atomic E-state index is 11.8. The Hall–Kier alpha value is -0.130. The van der Waals surface area contributed by atoms with Crippen molar-refractivity contribution in [1.29, 1.82) is 0 Å². The van der Waals surface area contributed by atoms with E-state index in [-0.39, 0.29) is 16.8 Å². The fraction of sp³-hybridized carbons (Fsp3) is 1.00. The van der Waals surface area contributed by atoms with Gasteiger partial charge in [-0.05, 0) is 26.7 Å². The van der Waals surface area contributed by atoms with Gasteiger partial charge in [0.15, 0.2) is 9.84 Å². The molecule has 4 nitrogen and oxygen atoms in total. The highest BCUT2D eigenvalue weighted by Gasteiger charge is 2.45. The molecule has 0 amide bonds. The van der Waals surface area contributed by atoms with Crippen LogP contribution in [0.25, 0.3) is 0 Å². The molecule has 0 unspecified atom stereocenters. The van der Waals surface area contributed by atoms with Gasteiger partial charge in [0.05, 0.1) is 5.75 Å². The Kier molecular flexibility index (Phi) is 4.29. The number of nitrogens with one attached hydrogen (secondary N) is 1. The SMILES string of the molecule is CCS(=O)(=O)CCN1CC(C)(C)NCC12CCCC2. The first-order chi connectivity index (χ1) is 8.79. The van der Waals surface area contributed by atoms with Crippen molar-refractivity contribution in [3.05, 3.63) is 0 Å². The molecular weight excluding hydrogens is 260 g/mol. The molecule has 1 heterocycles. The molecule has 0 atom stereocenters. The van der Waals surface area contributed by atoms with E-state index in [0.29, 0.717) is 12.3 Å². The van der Waals surface area contributed by atoms with Crippen molar-refractivity contribution in [2.45, 2.75) is 57.5 Å². The average molecular weight is 288 g/mol. The van der Waals surface area contributed by atoms with Crippen LogP contribution in [0.2, 0.25) is 0 Å². The quantitative estimate of drug-likeness (QED) is 0.850. The highest BCUT2D eigenvalue weighted by molar-refractivity contribution is 7.91. The highest BCUT2D eigenvalue weighted by atomic mass is 32.2. The predicted molar refractivity (Wildman–Crippen MR) is 79.2 cm³/mol. The lowest BCUT2D eigenvalue weighted by Crippen LogP contribution is -2.67. The molecule has 0 radical (unpaired) electrons. The Morgan fingerprint density at radius 3 is 2.42 bits per heavy atom. The highest BCUT2D eigenvalue weighted by Crippen LogP contribution is 2.38. The molecule has 2 aliphatic rings. The van der Waals surface area contributed by atoms with Gasteiger partial charge in [-0.15, -0.1) is 0 Å². The summed E-state index contributed by atoms with van der Waals surface area (Å²) < 4.78 is 23.5. The zero-order chi connectivity index (χ0) is 14.1. The summed E-state index contributed by atoms with van der Waals surface area (Å²) in [4.78, 5) is 2.46. The Bertz CT molecular complexity index is 411. The van der Waals surface area contributed by atoms with Crippen LogP contribution in [0.1, 0.15) is 46.5 Å². The fourth-order valence-electron chi connectivity index (χ4n) is 3.45. The number of nitrogens with zero attached hydrogens (tertiary/aromatic N) is 1. The minimum Gasteiger partial charge on any atom is -0.309 e. The van der Waals surface area contributed by atoms with Crippen LogP contribution in [-0.2, 0) is 9.84 Å². The maximum Gasteiger partial charge on any atom is 0.151 e. The summed E-state index contributed by atoms with van der Waals surface area (Å²) in [7, 11) is -2.86. The van der Waals surface area contributed by atoms with E-state index in [2.05, 4.69) is 24.1 Å². The van der Waals surface area contributed by atoms with Crippen LogP contribution in [0.15, 0.2) is 0 Å². The average Bonchev–Trinajstić information content (AvgIpc) is 2.81.